The highest BCUT2D eigenvalue weighted by Crippen LogP contribution is 2.49. The van der Waals surface area contributed by atoms with Crippen LogP contribution in [-0.2, 0) is 5.41 Å². The van der Waals surface area contributed by atoms with Gasteiger partial charge < -0.3 is 14.5 Å². The van der Waals surface area contributed by atoms with E-state index in [-0.39, 0.29) is 11.3 Å². The second kappa shape index (κ2) is 6.63. The number of nitrogens with zero attached hydrogens (tertiary/aromatic N) is 2. The minimum Gasteiger partial charge on any atom is -0.497 e. The largest absolute Gasteiger partial charge is 0.497 e. The lowest BCUT2D eigenvalue weighted by molar-refractivity contribution is 0.0975. The van der Waals surface area contributed by atoms with Crippen molar-refractivity contribution in [3.63, 3.8) is 0 Å². The molecule has 1 amide bonds. The van der Waals surface area contributed by atoms with Crippen molar-refractivity contribution < 1.29 is 9.53 Å². The zero-order valence-corrected chi connectivity index (χ0v) is 16.8. The Morgan fingerprint density at radius 3 is 2.43 bits per heavy atom. The number of piperidine rings is 1. The smallest absolute Gasteiger partial charge is 0.258 e. The molecule has 1 spiro atoms. The van der Waals surface area contributed by atoms with E-state index < -0.39 is 0 Å². The van der Waals surface area contributed by atoms with Gasteiger partial charge in [-0.2, -0.15) is 0 Å². The molecular formula is C24H28N2O2. The molecule has 4 heteroatoms. The van der Waals surface area contributed by atoms with E-state index in [4.69, 9.17) is 4.74 Å². The number of carbonyl (C=O) groups is 1. The highest BCUT2D eigenvalue weighted by Gasteiger charge is 2.48. The Bertz CT molecular complexity index is 893. The zero-order valence-electron chi connectivity index (χ0n) is 16.8. The van der Waals surface area contributed by atoms with Gasteiger partial charge in [-0.3, -0.25) is 4.79 Å². The molecular weight excluding hydrogens is 348 g/mol. The van der Waals surface area contributed by atoms with Crippen LogP contribution in [0.4, 0.5) is 5.69 Å². The van der Waals surface area contributed by atoms with Gasteiger partial charge in [0, 0.05) is 29.3 Å². The minimum absolute atomic E-state index is 0.0512. The van der Waals surface area contributed by atoms with E-state index in [2.05, 4.69) is 17.0 Å². The number of hydrogen-bond donors (Lipinski definition) is 0. The average Bonchev–Trinajstić information content (AvgIpc) is 3.53. The summed E-state index contributed by atoms with van der Waals surface area (Å²) in [5.41, 5.74) is 4.34. The van der Waals surface area contributed by atoms with E-state index in [1.54, 1.807) is 7.11 Å². The second-order valence-electron chi connectivity index (χ2n) is 8.69. The maximum atomic E-state index is 13.4. The average molecular weight is 377 g/mol. The molecule has 2 aromatic rings. The third-order valence-electron chi connectivity index (χ3n) is 6.89. The van der Waals surface area contributed by atoms with Crippen LogP contribution in [0.1, 0.15) is 47.2 Å². The van der Waals surface area contributed by atoms with E-state index in [0.29, 0.717) is 0 Å². The number of carbonyl (C=O) groups excluding carboxylic acids is 1. The summed E-state index contributed by atoms with van der Waals surface area (Å²) in [7, 11) is 1.72. The molecule has 0 radical (unpaired) electrons. The number of amides is 1. The van der Waals surface area contributed by atoms with E-state index in [1.807, 2.05) is 42.2 Å². The molecule has 1 saturated heterocycles. The van der Waals surface area contributed by atoms with E-state index in [0.717, 1.165) is 55.5 Å². The summed E-state index contributed by atoms with van der Waals surface area (Å²) in [6.07, 6.45) is 4.94. The van der Waals surface area contributed by atoms with Crippen LogP contribution in [0.15, 0.2) is 42.5 Å². The fourth-order valence-electron chi connectivity index (χ4n) is 4.99. The molecule has 0 N–H and O–H groups in total. The topological polar surface area (TPSA) is 32.8 Å². The van der Waals surface area contributed by atoms with Gasteiger partial charge in [-0.05, 0) is 81.6 Å². The van der Waals surface area contributed by atoms with Crippen molar-refractivity contribution in [1.29, 1.82) is 0 Å². The first-order valence-electron chi connectivity index (χ1n) is 10.4. The molecule has 3 aliphatic rings. The molecule has 0 atom stereocenters. The van der Waals surface area contributed by atoms with Crippen molar-refractivity contribution >= 4 is 11.6 Å². The fourth-order valence-corrected chi connectivity index (χ4v) is 4.99. The van der Waals surface area contributed by atoms with Crippen LogP contribution in [-0.4, -0.2) is 43.6 Å². The Morgan fingerprint density at radius 1 is 1.07 bits per heavy atom. The molecule has 0 unspecified atom stereocenters. The molecule has 2 aliphatic heterocycles. The fraction of sp³-hybridized carbons (Fsp3) is 0.458. The summed E-state index contributed by atoms with van der Waals surface area (Å²) in [5, 5.41) is 0. The Kier molecular flexibility index (Phi) is 4.20. The number of likely N-dealkylation sites (tertiary alicyclic amines) is 1. The lowest BCUT2D eigenvalue weighted by atomic mass is 9.74. The van der Waals surface area contributed by atoms with E-state index in [9.17, 15) is 4.79 Å². The molecule has 1 aliphatic carbocycles. The van der Waals surface area contributed by atoms with Gasteiger partial charge in [-0.25, -0.2) is 0 Å². The van der Waals surface area contributed by atoms with Crippen molar-refractivity contribution in [2.45, 2.75) is 44.1 Å². The highest BCUT2D eigenvalue weighted by molar-refractivity contribution is 6.07. The third kappa shape index (κ3) is 2.91. The molecule has 28 heavy (non-hydrogen) atoms. The number of rotatable bonds is 3. The van der Waals surface area contributed by atoms with Crippen LogP contribution in [0.2, 0.25) is 0 Å². The van der Waals surface area contributed by atoms with E-state index in [1.165, 1.54) is 24.0 Å². The molecule has 0 bridgehead atoms. The van der Waals surface area contributed by atoms with Crippen molar-refractivity contribution in [2.24, 2.45) is 0 Å². The Morgan fingerprint density at radius 2 is 1.79 bits per heavy atom. The summed E-state index contributed by atoms with van der Waals surface area (Å²) in [6.45, 7) is 5.09. The number of anilines is 1. The Hall–Kier alpha value is -2.33. The normalized spacial score (nSPS) is 21.0. The van der Waals surface area contributed by atoms with Gasteiger partial charge in [0.25, 0.3) is 5.91 Å². The summed E-state index contributed by atoms with van der Waals surface area (Å²) in [5.74, 6) is 0.986. The molecule has 146 valence electrons. The monoisotopic (exact) mass is 376 g/mol. The molecule has 4 nitrogen and oxygen atoms in total. The predicted molar refractivity (Wildman–Crippen MR) is 111 cm³/mol. The second-order valence-corrected chi connectivity index (χ2v) is 8.69. The predicted octanol–water partition coefficient (Wildman–Crippen LogP) is 4.16. The van der Waals surface area contributed by atoms with Gasteiger partial charge in [0.2, 0.25) is 0 Å². The van der Waals surface area contributed by atoms with Crippen molar-refractivity contribution in [1.82, 2.24) is 4.90 Å². The van der Waals surface area contributed by atoms with Gasteiger partial charge in [-0.1, -0.05) is 17.7 Å². The van der Waals surface area contributed by atoms with Gasteiger partial charge in [0.1, 0.15) is 5.75 Å². The SMILES string of the molecule is COc1ccc2c(c1)C1(CCN(C3CC3)CC1)CN2C(=O)c1ccc(C)cc1. The summed E-state index contributed by atoms with van der Waals surface area (Å²) in [4.78, 5) is 18.0. The van der Waals surface area contributed by atoms with Crippen LogP contribution < -0.4 is 9.64 Å². The van der Waals surface area contributed by atoms with Gasteiger partial charge >= 0.3 is 0 Å². The summed E-state index contributed by atoms with van der Waals surface area (Å²) >= 11 is 0. The third-order valence-corrected chi connectivity index (χ3v) is 6.89. The highest BCUT2D eigenvalue weighted by atomic mass is 16.5. The standard InChI is InChI=1S/C24H28N2O2/c1-17-3-5-18(6-4-17)23(27)26-16-24(11-13-25(14-12-24)19-7-8-19)21-15-20(28-2)9-10-22(21)26/h3-6,9-10,15,19H,7-8,11-14,16H2,1-2H3. The number of methoxy groups -OCH3 is 1. The number of hydrogen-bond acceptors (Lipinski definition) is 3. The first kappa shape index (κ1) is 17.7. The maximum absolute atomic E-state index is 13.4. The number of ether oxygens (including phenoxy) is 1. The molecule has 2 fully saturated rings. The van der Waals surface area contributed by atoms with Gasteiger partial charge in [0.05, 0.1) is 7.11 Å². The zero-order chi connectivity index (χ0) is 19.3. The van der Waals surface area contributed by atoms with Crippen LogP contribution in [0.25, 0.3) is 0 Å². The first-order valence-corrected chi connectivity index (χ1v) is 10.4. The number of fused-ring (bicyclic) bond motifs is 2. The van der Waals surface area contributed by atoms with Crippen LogP contribution >= 0.6 is 0 Å². The van der Waals surface area contributed by atoms with Crippen molar-refractivity contribution in [3.05, 3.63) is 59.2 Å². The van der Waals surface area contributed by atoms with Crippen molar-refractivity contribution in [3.8, 4) is 5.75 Å². The summed E-state index contributed by atoms with van der Waals surface area (Å²) in [6, 6.07) is 15.0. The molecule has 2 aromatic carbocycles. The lowest BCUT2D eigenvalue weighted by Crippen LogP contribution is -2.46. The van der Waals surface area contributed by atoms with Crippen LogP contribution in [0.3, 0.4) is 0 Å². The van der Waals surface area contributed by atoms with Gasteiger partial charge in [0.15, 0.2) is 0 Å². The van der Waals surface area contributed by atoms with Crippen LogP contribution in [0.5, 0.6) is 5.75 Å². The van der Waals surface area contributed by atoms with Crippen LogP contribution in [0, 0.1) is 6.92 Å². The molecule has 2 heterocycles. The van der Waals surface area contributed by atoms with Gasteiger partial charge in [-0.15, -0.1) is 0 Å². The summed E-state index contributed by atoms with van der Waals surface area (Å²) < 4.78 is 5.52. The lowest BCUT2D eigenvalue weighted by Gasteiger charge is -2.40. The molecule has 1 saturated carbocycles. The molecule has 0 aromatic heterocycles. The first-order chi connectivity index (χ1) is 13.6. The number of aryl methyl sites for hydroxylation is 1. The number of benzene rings is 2. The Balaban J connectivity index is 1.49. The Labute approximate surface area is 167 Å². The minimum atomic E-state index is 0.0512. The quantitative estimate of drug-likeness (QED) is 0.806. The molecule has 5 rings (SSSR count). The van der Waals surface area contributed by atoms with E-state index >= 15 is 0 Å². The van der Waals surface area contributed by atoms with Crippen molar-refractivity contribution in [2.75, 3.05) is 31.6 Å². The maximum Gasteiger partial charge on any atom is 0.258 e.